The molecule has 5 N–H and O–H groups in total. The molecule has 0 radical (unpaired) electrons. The van der Waals surface area contributed by atoms with E-state index in [1.165, 1.54) is 0 Å². The van der Waals surface area contributed by atoms with E-state index in [1.54, 1.807) is 24.3 Å². The van der Waals surface area contributed by atoms with Crippen LogP contribution in [-0.2, 0) is 11.3 Å². The van der Waals surface area contributed by atoms with E-state index in [4.69, 9.17) is 11.5 Å². The van der Waals surface area contributed by atoms with Gasteiger partial charge in [0.2, 0.25) is 11.8 Å². The fraction of sp³-hybridized carbons (Fsp3) is 0.429. The van der Waals surface area contributed by atoms with Gasteiger partial charge in [-0.25, -0.2) is 0 Å². The molecule has 0 bridgehead atoms. The van der Waals surface area contributed by atoms with Gasteiger partial charge in [0.25, 0.3) is 0 Å². The van der Waals surface area contributed by atoms with Crippen LogP contribution in [0, 0.1) is 5.92 Å². The van der Waals surface area contributed by atoms with Crippen molar-refractivity contribution in [1.29, 1.82) is 0 Å². The minimum atomic E-state index is -0.491. The molecule has 0 aliphatic carbocycles. The third-order valence-electron chi connectivity index (χ3n) is 3.26. The van der Waals surface area contributed by atoms with Gasteiger partial charge in [0.1, 0.15) is 0 Å². The number of nitrogens with two attached hydrogens (primary N) is 2. The first-order chi connectivity index (χ1) is 8.95. The van der Waals surface area contributed by atoms with Crippen LogP contribution >= 0.6 is 12.4 Å². The minimum absolute atomic E-state index is 0. The van der Waals surface area contributed by atoms with Gasteiger partial charge in [0.15, 0.2) is 0 Å². The second kappa shape index (κ2) is 8.55. The molecule has 0 aromatic heterocycles. The van der Waals surface area contributed by atoms with Crippen LogP contribution in [0.5, 0.6) is 0 Å². The first-order valence-electron chi connectivity index (χ1n) is 6.37. The Morgan fingerprint density at radius 2 is 1.80 bits per heavy atom. The zero-order valence-corrected chi connectivity index (χ0v) is 12.6. The van der Waals surface area contributed by atoms with Crippen LogP contribution < -0.4 is 16.8 Å². The van der Waals surface area contributed by atoms with Gasteiger partial charge in [-0.15, -0.1) is 12.4 Å². The SMILES string of the molecule is CCC(C)C(N)C(=O)NCc1ccc(C(N)=O)cc1.Cl. The Hall–Kier alpha value is -1.59. The van der Waals surface area contributed by atoms with Gasteiger partial charge < -0.3 is 16.8 Å². The number of amides is 2. The summed E-state index contributed by atoms with van der Waals surface area (Å²) in [6, 6.07) is 6.30. The summed E-state index contributed by atoms with van der Waals surface area (Å²) in [4.78, 5) is 22.7. The summed E-state index contributed by atoms with van der Waals surface area (Å²) in [7, 11) is 0. The van der Waals surface area contributed by atoms with Crippen LogP contribution in [-0.4, -0.2) is 17.9 Å². The van der Waals surface area contributed by atoms with Crippen molar-refractivity contribution in [2.24, 2.45) is 17.4 Å². The topological polar surface area (TPSA) is 98.2 Å². The lowest BCUT2D eigenvalue weighted by Crippen LogP contribution is -2.44. The second-order valence-electron chi connectivity index (χ2n) is 4.69. The standard InChI is InChI=1S/C14H21N3O2.ClH/c1-3-9(2)12(15)14(19)17-8-10-4-6-11(7-5-10)13(16)18;/h4-7,9,12H,3,8,15H2,1-2H3,(H2,16,18)(H,17,19);1H. The minimum Gasteiger partial charge on any atom is -0.366 e. The first kappa shape index (κ1) is 18.4. The summed E-state index contributed by atoms with van der Waals surface area (Å²) >= 11 is 0. The fourth-order valence-electron chi connectivity index (χ4n) is 1.61. The molecule has 2 unspecified atom stereocenters. The Balaban J connectivity index is 0.00000361. The van der Waals surface area contributed by atoms with Crippen molar-refractivity contribution in [1.82, 2.24) is 5.32 Å². The monoisotopic (exact) mass is 299 g/mol. The highest BCUT2D eigenvalue weighted by molar-refractivity contribution is 5.92. The number of primary amides is 1. The molecule has 1 aromatic carbocycles. The van der Waals surface area contributed by atoms with Crippen molar-refractivity contribution in [3.8, 4) is 0 Å². The van der Waals surface area contributed by atoms with Gasteiger partial charge in [0, 0.05) is 12.1 Å². The lowest BCUT2D eigenvalue weighted by molar-refractivity contribution is -0.123. The Morgan fingerprint density at radius 3 is 2.25 bits per heavy atom. The molecule has 0 spiro atoms. The van der Waals surface area contributed by atoms with E-state index in [0.29, 0.717) is 12.1 Å². The molecule has 1 rings (SSSR count). The number of hydrogen-bond acceptors (Lipinski definition) is 3. The van der Waals surface area contributed by atoms with Gasteiger partial charge in [-0.1, -0.05) is 32.4 Å². The van der Waals surface area contributed by atoms with Crippen LogP contribution in [0.15, 0.2) is 24.3 Å². The third kappa shape index (κ3) is 5.19. The number of carbonyl (C=O) groups is 2. The molecule has 0 saturated heterocycles. The molecule has 2 amide bonds. The maximum atomic E-state index is 11.8. The second-order valence-corrected chi connectivity index (χ2v) is 4.69. The highest BCUT2D eigenvalue weighted by Crippen LogP contribution is 2.07. The molecule has 2 atom stereocenters. The van der Waals surface area contributed by atoms with Crippen molar-refractivity contribution in [2.45, 2.75) is 32.9 Å². The number of benzene rings is 1. The number of halogens is 1. The molecule has 112 valence electrons. The summed E-state index contributed by atoms with van der Waals surface area (Å²) in [5, 5.41) is 2.78. The molecule has 0 aliphatic rings. The van der Waals surface area contributed by atoms with E-state index < -0.39 is 11.9 Å². The molecule has 0 fully saturated rings. The maximum Gasteiger partial charge on any atom is 0.248 e. The summed E-state index contributed by atoms with van der Waals surface area (Å²) in [5.74, 6) is -0.472. The maximum absolute atomic E-state index is 11.8. The van der Waals surface area contributed by atoms with Crippen LogP contribution in [0.3, 0.4) is 0 Å². The van der Waals surface area contributed by atoms with E-state index in [9.17, 15) is 9.59 Å². The average Bonchev–Trinajstić information content (AvgIpc) is 2.43. The first-order valence-corrected chi connectivity index (χ1v) is 6.37. The number of nitrogens with one attached hydrogen (secondary N) is 1. The predicted molar refractivity (Wildman–Crippen MR) is 81.5 cm³/mol. The predicted octanol–water partition coefficient (Wildman–Crippen LogP) is 1.20. The number of rotatable bonds is 6. The molecule has 5 nitrogen and oxygen atoms in total. The third-order valence-corrected chi connectivity index (χ3v) is 3.26. The molecule has 20 heavy (non-hydrogen) atoms. The Kier molecular flexibility index (Phi) is 7.87. The molecular weight excluding hydrogens is 278 g/mol. The molecule has 6 heteroatoms. The van der Waals surface area contributed by atoms with Gasteiger partial charge in [-0.05, 0) is 23.6 Å². The summed E-state index contributed by atoms with van der Waals surface area (Å²) in [6.07, 6.45) is 0.863. The van der Waals surface area contributed by atoms with E-state index in [0.717, 1.165) is 12.0 Å². The van der Waals surface area contributed by atoms with E-state index in [1.807, 2.05) is 13.8 Å². The van der Waals surface area contributed by atoms with Crippen LogP contribution in [0.2, 0.25) is 0 Å². The van der Waals surface area contributed by atoms with Gasteiger partial charge >= 0.3 is 0 Å². The number of hydrogen-bond donors (Lipinski definition) is 3. The van der Waals surface area contributed by atoms with E-state index in [2.05, 4.69) is 5.32 Å². The molecular formula is C14H22ClN3O2. The summed E-state index contributed by atoms with van der Waals surface area (Å²) in [5.41, 5.74) is 12.3. The number of carbonyl (C=O) groups excluding carboxylic acids is 2. The summed E-state index contributed by atoms with van der Waals surface area (Å²) < 4.78 is 0. The van der Waals surface area contributed by atoms with Crippen LogP contribution in [0.4, 0.5) is 0 Å². The van der Waals surface area contributed by atoms with Gasteiger partial charge in [-0.3, -0.25) is 9.59 Å². The van der Waals surface area contributed by atoms with Crippen LogP contribution in [0.1, 0.15) is 36.2 Å². The zero-order valence-electron chi connectivity index (χ0n) is 11.8. The smallest absolute Gasteiger partial charge is 0.248 e. The van der Waals surface area contributed by atoms with Crippen molar-refractivity contribution in [3.05, 3.63) is 35.4 Å². The van der Waals surface area contributed by atoms with Crippen molar-refractivity contribution < 1.29 is 9.59 Å². The Labute approximate surface area is 125 Å². The lowest BCUT2D eigenvalue weighted by Gasteiger charge is -2.17. The fourth-order valence-corrected chi connectivity index (χ4v) is 1.61. The lowest BCUT2D eigenvalue weighted by atomic mass is 9.99. The van der Waals surface area contributed by atoms with Gasteiger partial charge in [0.05, 0.1) is 6.04 Å². The van der Waals surface area contributed by atoms with Crippen molar-refractivity contribution >= 4 is 24.2 Å². The van der Waals surface area contributed by atoms with Gasteiger partial charge in [-0.2, -0.15) is 0 Å². The Bertz CT molecular complexity index is 448. The largest absolute Gasteiger partial charge is 0.366 e. The quantitative estimate of drug-likeness (QED) is 0.736. The normalized spacial score (nSPS) is 12.9. The zero-order chi connectivity index (χ0) is 14.4. The van der Waals surface area contributed by atoms with E-state index >= 15 is 0 Å². The highest BCUT2D eigenvalue weighted by atomic mass is 35.5. The van der Waals surface area contributed by atoms with Crippen LogP contribution in [0.25, 0.3) is 0 Å². The molecule has 0 heterocycles. The molecule has 0 saturated carbocycles. The molecule has 0 aliphatic heterocycles. The van der Waals surface area contributed by atoms with E-state index in [-0.39, 0.29) is 24.2 Å². The van der Waals surface area contributed by atoms with Crippen molar-refractivity contribution in [3.63, 3.8) is 0 Å². The average molecular weight is 300 g/mol. The highest BCUT2D eigenvalue weighted by Gasteiger charge is 2.18. The molecule has 1 aromatic rings. The van der Waals surface area contributed by atoms with Crippen molar-refractivity contribution in [2.75, 3.05) is 0 Å². The Morgan fingerprint density at radius 1 is 1.25 bits per heavy atom. The summed E-state index contributed by atoms with van der Waals surface area (Å²) in [6.45, 7) is 4.34.